The highest BCUT2D eigenvalue weighted by molar-refractivity contribution is 7.92. The summed E-state index contributed by atoms with van der Waals surface area (Å²) in [4.78, 5) is 12.9. The van der Waals surface area contributed by atoms with Crippen molar-refractivity contribution in [2.24, 2.45) is 0 Å². The molecule has 1 amide bonds. The van der Waals surface area contributed by atoms with Crippen LogP contribution in [-0.4, -0.2) is 34.0 Å². The van der Waals surface area contributed by atoms with E-state index in [1.54, 1.807) is 30.3 Å². The van der Waals surface area contributed by atoms with Crippen LogP contribution < -0.4 is 14.4 Å². The van der Waals surface area contributed by atoms with Gasteiger partial charge in [0.2, 0.25) is 5.91 Å². The lowest BCUT2D eigenvalue weighted by Crippen LogP contribution is -2.41. The zero-order valence-electron chi connectivity index (χ0n) is 19.0. The Balaban J connectivity index is 1.64. The molecule has 6 nitrogen and oxygen atoms in total. The Hall–Kier alpha value is -3.32. The standard InChI is InChI=1S/C26H30N2O4S/c1-3-32-23-17-15-22(16-18-23)11-9-19-27-26(29)20-28(25-14-8-7-10-21(25)2)33(30,31)24-12-5-4-6-13-24/h4-8,10,12-18H,3,9,11,19-20H2,1-2H3,(H,27,29). The molecule has 0 aliphatic carbocycles. The van der Waals surface area contributed by atoms with Crippen LogP contribution in [0.3, 0.4) is 0 Å². The number of nitrogens with zero attached hydrogens (tertiary/aromatic N) is 1. The number of amides is 1. The number of benzene rings is 3. The molecule has 174 valence electrons. The quantitative estimate of drug-likeness (QED) is 0.427. The molecule has 3 aromatic rings. The fourth-order valence-corrected chi connectivity index (χ4v) is 4.99. The molecule has 0 fully saturated rings. The lowest BCUT2D eigenvalue weighted by molar-refractivity contribution is -0.119. The van der Waals surface area contributed by atoms with Gasteiger partial charge in [-0.25, -0.2) is 8.42 Å². The monoisotopic (exact) mass is 466 g/mol. The van der Waals surface area contributed by atoms with Crippen molar-refractivity contribution in [1.82, 2.24) is 5.32 Å². The summed E-state index contributed by atoms with van der Waals surface area (Å²) in [5.74, 6) is 0.495. The Labute approximate surface area is 196 Å². The predicted molar refractivity (Wildman–Crippen MR) is 131 cm³/mol. The number of aryl methyl sites for hydroxylation is 2. The van der Waals surface area contributed by atoms with E-state index >= 15 is 0 Å². The van der Waals surface area contributed by atoms with Crippen molar-refractivity contribution >= 4 is 21.6 Å². The molecule has 0 bridgehead atoms. The van der Waals surface area contributed by atoms with Gasteiger partial charge in [-0.05, 0) is 68.1 Å². The van der Waals surface area contributed by atoms with E-state index < -0.39 is 10.0 Å². The van der Waals surface area contributed by atoms with Gasteiger partial charge in [0.25, 0.3) is 10.0 Å². The van der Waals surface area contributed by atoms with Crippen LogP contribution in [-0.2, 0) is 21.2 Å². The summed E-state index contributed by atoms with van der Waals surface area (Å²) < 4.78 is 33.3. The van der Waals surface area contributed by atoms with Crippen molar-refractivity contribution < 1.29 is 17.9 Å². The van der Waals surface area contributed by atoms with E-state index in [2.05, 4.69) is 5.32 Å². The Morgan fingerprint density at radius 2 is 1.61 bits per heavy atom. The van der Waals surface area contributed by atoms with Crippen LogP contribution >= 0.6 is 0 Å². The van der Waals surface area contributed by atoms with E-state index in [4.69, 9.17) is 4.74 Å². The van der Waals surface area contributed by atoms with Crippen LogP contribution in [0.15, 0.2) is 83.8 Å². The van der Waals surface area contributed by atoms with Gasteiger partial charge in [-0.1, -0.05) is 48.5 Å². The molecule has 3 rings (SSSR count). The van der Waals surface area contributed by atoms with E-state index in [1.807, 2.05) is 50.2 Å². The Kier molecular flexibility index (Phi) is 8.49. The van der Waals surface area contributed by atoms with Crippen molar-refractivity contribution in [3.05, 3.63) is 90.0 Å². The fourth-order valence-electron chi connectivity index (χ4n) is 3.49. The van der Waals surface area contributed by atoms with Gasteiger partial charge in [-0.3, -0.25) is 9.10 Å². The molecule has 7 heteroatoms. The second kappa shape index (κ2) is 11.5. The smallest absolute Gasteiger partial charge is 0.264 e. The summed E-state index contributed by atoms with van der Waals surface area (Å²) in [5, 5.41) is 2.86. The molecule has 0 aromatic heterocycles. The summed E-state index contributed by atoms with van der Waals surface area (Å²) in [7, 11) is -3.89. The van der Waals surface area contributed by atoms with Gasteiger partial charge in [0.15, 0.2) is 0 Å². The topological polar surface area (TPSA) is 75.7 Å². The highest BCUT2D eigenvalue weighted by Gasteiger charge is 2.27. The summed E-state index contributed by atoms with van der Waals surface area (Å²) in [6.07, 6.45) is 1.55. The average molecular weight is 467 g/mol. The highest BCUT2D eigenvalue weighted by atomic mass is 32.2. The number of rotatable bonds is 11. The summed E-state index contributed by atoms with van der Waals surface area (Å²) >= 11 is 0. The number of nitrogens with one attached hydrogen (secondary N) is 1. The van der Waals surface area contributed by atoms with Gasteiger partial charge in [0, 0.05) is 6.54 Å². The molecule has 0 aliphatic rings. The van der Waals surface area contributed by atoms with Crippen LogP contribution in [0.5, 0.6) is 5.75 Å². The Morgan fingerprint density at radius 3 is 2.27 bits per heavy atom. The highest BCUT2D eigenvalue weighted by Crippen LogP contribution is 2.26. The van der Waals surface area contributed by atoms with E-state index in [0.717, 1.165) is 29.7 Å². The van der Waals surface area contributed by atoms with Gasteiger partial charge in [-0.2, -0.15) is 0 Å². The third-order valence-electron chi connectivity index (χ3n) is 5.20. The van der Waals surface area contributed by atoms with Gasteiger partial charge in [0.1, 0.15) is 12.3 Å². The first-order chi connectivity index (χ1) is 15.9. The van der Waals surface area contributed by atoms with Crippen molar-refractivity contribution in [2.45, 2.75) is 31.6 Å². The molecular formula is C26H30N2O4S. The molecule has 33 heavy (non-hydrogen) atoms. The third kappa shape index (κ3) is 6.58. The SMILES string of the molecule is CCOc1ccc(CCCNC(=O)CN(c2ccccc2C)S(=O)(=O)c2ccccc2)cc1. The number of para-hydroxylation sites is 1. The number of hydrogen-bond acceptors (Lipinski definition) is 4. The van der Waals surface area contributed by atoms with Crippen LogP contribution in [0.25, 0.3) is 0 Å². The van der Waals surface area contributed by atoms with E-state index in [9.17, 15) is 13.2 Å². The van der Waals surface area contributed by atoms with Crippen molar-refractivity contribution in [2.75, 3.05) is 24.0 Å². The summed E-state index contributed by atoms with van der Waals surface area (Å²) in [6.45, 7) is 4.58. The van der Waals surface area contributed by atoms with Gasteiger partial charge < -0.3 is 10.1 Å². The van der Waals surface area contributed by atoms with Crippen LogP contribution in [0, 0.1) is 6.92 Å². The van der Waals surface area contributed by atoms with E-state index in [-0.39, 0.29) is 17.3 Å². The van der Waals surface area contributed by atoms with E-state index in [0.29, 0.717) is 18.8 Å². The number of ether oxygens (including phenoxy) is 1. The maximum atomic E-state index is 13.3. The zero-order valence-corrected chi connectivity index (χ0v) is 19.8. The largest absolute Gasteiger partial charge is 0.494 e. The second-order valence-corrected chi connectivity index (χ2v) is 9.50. The minimum absolute atomic E-state index is 0.150. The molecule has 0 aliphatic heterocycles. The lowest BCUT2D eigenvalue weighted by Gasteiger charge is -2.25. The third-order valence-corrected chi connectivity index (χ3v) is 6.98. The van der Waals surface area contributed by atoms with Crippen molar-refractivity contribution in [3.63, 3.8) is 0 Å². The number of anilines is 1. The van der Waals surface area contributed by atoms with Crippen molar-refractivity contribution in [3.8, 4) is 5.75 Å². The summed E-state index contributed by atoms with van der Waals surface area (Å²) in [5.41, 5.74) is 2.42. The molecule has 0 saturated heterocycles. The molecule has 0 spiro atoms. The normalized spacial score (nSPS) is 11.1. The Bertz CT molecular complexity index is 1150. The maximum absolute atomic E-state index is 13.3. The summed E-state index contributed by atoms with van der Waals surface area (Å²) in [6, 6.07) is 23.2. The predicted octanol–water partition coefficient (Wildman–Crippen LogP) is 4.34. The number of carbonyl (C=O) groups is 1. The first-order valence-electron chi connectivity index (χ1n) is 11.0. The number of carbonyl (C=O) groups excluding carboxylic acids is 1. The van der Waals surface area contributed by atoms with Gasteiger partial charge in [0.05, 0.1) is 17.2 Å². The van der Waals surface area contributed by atoms with Crippen LogP contribution in [0.2, 0.25) is 0 Å². The Morgan fingerprint density at radius 1 is 0.939 bits per heavy atom. The fraction of sp³-hybridized carbons (Fsp3) is 0.269. The molecule has 0 radical (unpaired) electrons. The minimum atomic E-state index is -3.89. The number of hydrogen-bond donors (Lipinski definition) is 1. The van der Waals surface area contributed by atoms with E-state index in [1.165, 1.54) is 16.4 Å². The molecule has 0 heterocycles. The first-order valence-corrected chi connectivity index (χ1v) is 12.5. The van der Waals surface area contributed by atoms with Crippen LogP contribution in [0.4, 0.5) is 5.69 Å². The molecular weight excluding hydrogens is 436 g/mol. The maximum Gasteiger partial charge on any atom is 0.264 e. The zero-order chi connectivity index (χ0) is 23.7. The molecule has 0 atom stereocenters. The lowest BCUT2D eigenvalue weighted by atomic mass is 10.1. The number of sulfonamides is 1. The molecule has 0 saturated carbocycles. The average Bonchev–Trinajstić information content (AvgIpc) is 2.82. The van der Waals surface area contributed by atoms with Gasteiger partial charge >= 0.3 is 0 Å². The molecule has 1 N–H and O–H groups in total. The van der Waals surface area contributed by atoms with Crippen LogP contribution in [0.1, 0.15) is 24.5 Å². The molecule has 3 aromatic carbocycles. The molecule has 0 unspecified atom stereocenters. The van der Waals surface area contributed by atoms with Crippen molar-refractivity contribution in [1.29, 1.82) is 0 Å². The second-order valence-electron chi connectivity index (χ2n) is 7.64. The van der Waals surface area contributed by atoms with Gasteiger partial charge in [-0.15, -0.1) is 0 Å². The minimum Gasteiger partial charge on any atom is -0.494 e. The first kappa shape index (κ1) is 24.3.